The molecule has 0 bridgehead atoms. The van der Waals surface area contributed by atoms with Gasteiger partial charge < -0.3 is 19.0 Å². The Bertz CT molecular complexity index is 1360. The summed E-state index contributed by atoms with van der Waals surface area (Å²) in [4.78, 5) is 25.6. The zero-order chi connectivity index (χ0) is 23.4. The van der Waals surface area contributed by atoms with E-state index in [4.69, 9.17) is 9.47 Å². The molecule has 0 aliphatic carbocycles. The van der Waals surface area contributed by atoms with Gasteiger partial charge in [-0.25, -0.2) is 4.79 Å². The van der Waals surface area contributed by atoms with E-state index in [1.807, 2.05) is 0 Å². The zero-order valence-corrected chi connectivity index (χ0v) is 19.9. The van der Waals surface area contributed by atoms with E-state index in [1.54, 1.807) is 48.5 Å². The molecule has 0 saturated carbocycles. The van der Waals surface area contributed by atoms with Crippen molar-refractivity contribution in [3.05, 3.63) is 111 Å². The predicted octanol–water partition coefficient (Wildman–Crippen LogP) is 1.20. The number of benzene rings is 3. The Morgan fingerprint density at radius 2 is 1.53 bits per heavy atom. The van der Waals surface area contributed by atoms with Crippen LogP contribution in [-0.2, 0) is 19.3 Å². The molecule has 1 heterocycles. The maximum atomic E-state index is 12.9. The van der Waals surface area contributed by atoms with Crippen LogP contribution < -0.4 is 55.5 Å². The molecule has 34 heavy (non-hydrogen) atoms. The molecule has 0 atom stereocenters. The first-order chi connectivity index (χ1) is 15.8. The van der Waals surface area contributed by atoms with Crippen molar-refractivity contribution in [2.24, 2.45) is 0 Å². The Kier molecular flexibility index (Phi) is 8.08. The van der Waals surface area contributed by atoms with Crippen LogP contribution in [0.25, 0.3) is 0 Å². The molecule has 0 fully saturated rings. The molecular formula is C23H16F3N2NaO5. The summed E-state index contributed by atoms with van der Waals surface area (Å²) in [6.07, 6.45) is -4.45. The quantitative estimate of drug-likeness (QED) is 0.370. The zero-order valence-electron chi connectivity index (χ0n) is 17.9. The van der Waals surface area contributed by atoms with Crippen LogP contribution in [0.5, 0.6) is 17.2 Å². The molecule has 0 aliphatic rings. The third kappa shape index (κ3) is 6.66. The first-order valence-electron chi connectivity index (χ1n) is 9.67. The number of ether oxygens (including phenoxy) is 2. The van der Waals surface area contributed by atoms with Crippen molar-refractivity contribution in [2.45, 2.75) is 19.3 Å². The summed E-state index contributed by atoms with van der Waals surface area (Å²) >= 11 is 0. The summed E-state index contributed by atoms with van der Waals surface area (Å²) in [7, 11) is 0. The fourth-order valence-corrected chi connectivity index (χ4v) is 2.98. The van der Waals surface area contributed by atoms with E-state index < -0.39 is 23.2 Å². The molecule has 3 aromatic carbocycles. The molecule has 4 aromatic rings. The fraction of sp³-hybridized carbons (Fsp3) is 0.130. The van der Waals surface area contributed by atoms with Gasteiger partial charge in [0.1, 0.15) is 23.9 Å². The number of nitrogens with zero attached hydrogens (tertiary/aromatic N) is 2. The van der Waals surface area contributed by atoms with Crippen LogP contribution >= 0.6 is 0 Å². The van der Waals surface area contributed by atoms with E-state index >= 15 is 0 Å². The minimum absolute atomic E-state index is 0. The van der Waals surface area contributed by atoms with Crippen LogP contribution in [0.15, 0.2) is 86.9 Å². The minimum Gasteiger partial charge on any atom is -0.489 e. The Morgan fingerprint density at radius 3 is 2.18 bits per heavy atom. The van der Waals surface area contributed by atoms with Crippen molar-refractivity contribution in [2.75, 3.05) is 0 Å². The van der Waals surface area contributed by atoms with Gasteiger partial charge >= 0.3 is 41.5 Å². The van der Waals surface area contributed by atoms with Gasteiger partial charge in [0.25, 0.3) is 0 Å². The van der Waals surface area contributed by atoms with E-state index in [1.165, 1.54) is 12.1 Å². The van der Waals surface area contributed by atoms with Crippen molar-refractivity contribution < 1.29 is 56.7 Å². The Morgan fingerprint density at radius 1 is 0.853 bits per heavy atom. The molecule has 0 aliphatic heterocycles. The number of hydrogen-bond acceptors (Lipinski definition) is 5. The molecule has 0 saturated heterocycles. The average molecular weight is 480 g/mol. The number of halogens is 3. The predicted molar refractivity (Wildman–Crippen MR) is 110 cm³/mol. The molecule has 0 N–H and O–H groups in total. The van der Waals surface area contributed by atoms with Gasteiger partial charge in [0.05, 0.1) is 5.56 Å². The molecule has 0 radical (unpaired) electrons. The van der Waals surface area contributed by atoms with E-state index in [2.05, 4.69) is 9.51 Å². The Hall–Kier alpha value is -3.21. The van der Waals surface area contributed by atoms with Gasteiger partial charge in [-0.15, -0.1) is 0 Å². The van der Waals surface area contributed by atoms with Crippen LogP contribution in [0.4, 0.5) is 13.2 Å². The third-order valence-corrected chi connectivity index (χ3v) is 4.54. The molecule has 1 aromatic heterocycles. The van der Waals surface area contributed by atoms with Crippen molar-refractivity contribution in [3.63, 3.8) is 0 Å². The second-order valence-electron chi connectivity index (χ2n) is 7.00. The molecule has 0 unspecified atom stereocenters. The van der Waals surface area contributed by atoms with Crippen LogP contribution in [-0.4, -0.2) is 4.74 Å². The van der Waals surface area contributed by atoms with Gasteiger partial charge in [-0.05, 0) is 53.6 Å². The van der Waals surface area contributed by atoms with E-state index in [-0.39, 0.29) is 48.5 Å². The van der Waals surface area contributed by atoms with Gasteiger partial charge in [-0.1, -0.05) is 30.3 Å². The molecular weight excluding hydrogens is 464 g/mol. The second kappa shape index (κ2) is 10.8. The first-order valence-corrected chi connectivity index (χ1v) is 9.67. The summed E-state index contributed by atoms with van der Waals surface area (Å²) < 4.78 is 55.5. The summed E-state index contributed by atoms with van der Waals surface area (Å²) in [5.41, 5.74) is -0.0889. The number of aromatic nitrogens is 2. The van der Waals surface area contributed by atoms with E-state index in [0.29, 0.717) is 17.1 Å². The summed E-state index contributed by atoms with van der Waals surface area (Å²) in [5.74, 6) is 0.0612. The summed E-state index contributed by atoms with van der Waals surface area (Å²) in [6.45, 7) is 0.253. The normalized spacial score (nSPS) is 11.0. The molecule has 0 amide bonds. The molecule has 170 valence electrons. The van der Waals surface area contributed by atoms with Crippen LogP contribution in [0, 0.1) is 0 Å². The van der Waals surface area contributed by atoms with Gasteiger partial charge in [-0.2, -0.15) is 13.2 Å². The molecule has 4 rings (SSSR count). The second-order valence-corrected chi connectivity index (χ2v) is 7.00. The minimum atomic E-state index is -4.45. The molecule has 11 heteroatoms. The fourth-order valence-electron chi connectivity index (χ4n) is 2.98. The molecule has 7 nitrogen and oxygen atoms in total. The number of alkyl halides is 3. The van der Waals surface area contributed by atoms with E-state index in [0.717, 1.165) is 22.4 Å². The first kappa shape index (κ1) is 25.4. The van der Waals surface area contributed by atoms with Crippen LogP contribution in [0.1, 0.15) is 16.7 Å². The van der Waals surface area contributed by atoms with Gasteiger partial charge in [-0.3, -0.25) is 9.53 Å². The van der Waals surface area contributed by atoms with Gasteiger partial charge in [0, 0.05) is 6.54 Å². The topological polar surface area (TPSA) is 84.8 Å². The Labute approximate surface area is 213 Å². The number of hydrogen-bond donors (Lipinski definition) is 0. The smallest absolute Gasteiger partial charge is 0.489 e. The van der Waals surface area contributed by atoms with Crippen molar-refractivity contribution in [3.8, 4) is 17.2 Å². The monoisotopic (exact) mass is 480 g/mol. The summed E-state index contributed by atoms with van der Waals surface area (Å²) in [5, 5.41) is 0. The van der Waals surface area contributed by atoms with Crippen LogP contribution in [0.2, 0.25) is 0 Å². The average Bonchev–Trinajstić information content (AvgIpc) is 3.09. The third-order valence-electron chi connectivity index (χ3n) is 4.54. The van der Waals surface area contributed by atoms with Crippen molar-refractivity contribution in [1.82, 2.24) is 9.72 Å². The van der Waals surface area contributed by atoms with Crippen molar-refractivity contribution >= 4 is 0 Å². The SMILES string of the molecule is O=c1[n-]c(=O)n(Cc2ccc(OCc3cccc(Oc4cccc(C(F)(F)F)c4)c3)cc2)o1.[Na+]. The Balaban J connectivity index is 0.00000324. The largest absolute Gasteiger partial charge is 1.00 e. The van der Waals surface area contributed by atoms with Gasteiger partial charge in [0.15, 0.2) is 5.69 Å². The number of rotatable bonds is 7. The van der Waals surface area contributed by atoms with E-state index in [9.17, 15) is 22.8 Å². The molecule has 0 spiro atoms. The maximum Gasteiger partial charge on any atom is 1.00 e. The summed E-state index contributed by atoms with van der Waals surface area (Å²) in [6, 6.07) is 18.3. The van der Waals surface area contributed by atoms with Crippen LogP contribution in [0.3, 0.4) is 0 Å². The maximum absolute atomic E-state index is 12.9. The standard InChI is InChI=1S/C23H17F3N2O5.Na/c24-23(25,26)17-4-2-6-20(12-17)32-19-5-1-3-16(11-19)14-31-18-9-7-15(8-10-18)13-28-21(29)27-22(30)33-28;/h1-12H,13-14H2,(H,27,29,30);/q;+1/p-1. The van der Waals surface area contributed by atoms with Gasteiger partial charge in [0.2, 0.25) is 0 Å². The van der Waals surface area contributed by atoms with Crippen molar-refractivity contribution in [1.29, 1.82) is 0 Å².